The van der Waals surface area contributed by atoms with Gasteiger partial charge in [0, 0.05) is 5.69 Å². The minimum absolute atomic E-state index is 0.0125. The van der Waals surface area contributed by atoms with E-state index in [-0.39, 0.29) is 30.9 Å². The van der Waals surface area contributed by atoms with E-state index in [0.29, 0.717) is 12.1 Å². The maximum Gasteiger partial charge on any atom is 0.238 e. The Hall–Kier alpha value is -3.51. The van der Waals surface area contributed by atoms with Crippen LogP contribution in [0.1, 0.15) is 17.2 Å². The van der Waals surface area contributed by atoms with Crippen LogP contribution in [0.4, 0.5) is 10.1 Å². The number of carbonyl (C=O) groups excluding carboxylic acids is 2. The largest absolute Gasteiger partial charge is 0.348 e. The average Bonchev–Trinajstić information content (AvgIpc) is 2.74. The van der Waals surface area contributed by atoms with E-state index in [9.17, 15) is 14.0 Å². The normalized spacial score (nSPS) is 11.7. The molecule has 0 unspecified atom stereocenters. The number of carbonyl (C=O) groups is 2. The highest BCUT2D eigenvalue weighted by atomic mass is 19.1. The van der Waals surface area contributed by atoms with E-state index in [4.69, 9.17) is 0 Å². The highest BCUT2D eigenvalue weighted by Crippen LogP contribution is 2.18. The summed E-state index contributed by atoms with van der Waals surface area (Å²) in [5.74, 6) is -0.911. The molecule has 3 aromatic rings. The Morgan fingerprint density at radius 2 is 1.52 bits per heavy atom. The zero-order chi connectivity index (χ0) is 22.1. The molecule has 0 spiro atoms. The van der Waals surface area contributed by atoms with Crippen LogP contribution in [0.15, 0.2) is 84.9 Å². The van der Waals surface area contributed by atoms with Crippen molar-refractivity contribution < 1.29 is 14.0 Å². The molecule has 0 aliphatic carbocycles. The van der Waals surface area contributed by atoms with Crippen molar-refractivity contribution in [3.05, 3.63) is 102 Å². The van der Waals surface area contributed by atoms with Crippen molar-refractivity contribution in [3.8, 4) is 0 Å². The molecule has 2 N–H and O–H groups in total. The van der Waals surface area contributed by atoms with Crippen LogP contribution in [0.2, 0.25) is 0 Å². The highest BCUT2D eigenvalue weighted by Gasteiger charge is 2.17. The number of hydrogen-bond donors (Lipinski definition) is 2. The van der Waals surface area contributed by atoms with Crippen LogP contribution in [0.5, 0.6) is 0 Å². The minimum Gasteiger partial charge on any atom is -0.348 e. The number of anilines is 1. The molecule has 31 heavy (non-hydrogen) atoms. The van der Waals surface area contributed by atoms with Gasteiger partial charge in [-0.05, 0) is 42.8 Å². The Morgan fingerprint density at radius 1 is 0.871 bits per heavy atom. The average molecular weight is 420 g/mol. The highest BCUT2D eigenvalue weighted by molar-refractivity contribution is 5.92. The predicted octanol–water partition coefficient (Wildman–Crippen LogP) is 3.80. The molecule has 0 aliphatic rings. The lowest BCUT2D eigenvalue weighted by molar-refractivity contribution is -0.123. The van der Waals surface area contributed by atoms with Gasteiger partial charge in [0.15, 0.2) is 0 Å². The second kappa shape index (κ2) is 11.0. The van der Waals surface area contributed by atoms with E-state index in [0.717, 1.165) is 11.1 Å². The second-order valence-corrected chi connectivity index (χ2v) is 7.45. The summed E-state index contributed by atoms with van der Waals surface area (Å²) < 4.78 is 13.3. The van der Waals surface area contributed by atoms with Gasteiger partial charge >= 0.3 is 0 Å². The van der Waals surface area contributed by atoms with Gasteiger partial charge in [-0.3, -0.25) is 14.5 Å². The molecule has 160 valence electrons. The first-order valence-electron chi connectivity index (χ1n) is 10.1. The summed E-state index contributed by atoms with van der Waals surface area (Å²) in [6.45, 7) is 0.0767. The molecule has 0 saturated carbocycles. The number of nitrogens with one attached hydrogen (secondary N) is 2. The molecule has 0 saturated heterocycles. The molecule has 0 aromatic heterocycles. The van der Waals surface area contributed by atoms with E-state index >= 15 is 0 Å². The molecule has 0 fully saturated rings. The zero-order valence-electron chi connectivity index (χ0n) is 17.4. The third-order valence-corrected chi connectivity index (χ3v) is 4.76. The number of halogens is 1. The van der Waals surface area contributed by atoms with Gasteiger partial charge in [0.05, 0.1) is 19.1 Å². The Kier molecular flexibility index (Phi) is 7.90. The molecule has 0 aliphatic heterocycles. The molecule has 0 radical (unpaired) electrons. The van der Waals surface area contributed by atoms with Gasteiger partial charge in [-0.15, -0.1) is 0 Å². The van der Waals surface area contributed by atoms with E-state index in [2.05, 4.69) is 10.6 Å². The summed E-state index contributed by atoms with van der Waals surface area (Å²) in [6, 6.07) is 25.3. The van der Waals surface area contributed by atoms with Crippen LogP contribution in [0.3, 0.4) is 0 Å². The van der Waals surface area contributed by atoms with Crippen molar-refractivity contribution in [2.24, 2.45) is 0 Å². The lowest BCUT2D eigenvalue weighted by Crippen LogP contribution is -2.40. The van der Waals surface area contributed by atoms with E-state index in [1.54, 1.807) is 18.0 Å². The molecule has 6 heteroatoms. The van der Waals surface area contributed by atoms with Crippen molar-refractivity contribution >= 4 is 17.5 Å². The third-order valence-electron chi connectivity index (χ3n) is 4.76. The standard InChI is InChI=1S/C25H26FN3O2/c1-29(17-24(30)27-22-14-8-13-21(26)16-22)18-25(31)28-23(20-11-6-3-7-12-20)15-19-9-4-2-5-10-19/h2-14,16,23H,15,17-18H2,1H3,(H,27,30)(H,28,31)/t23-/m0/s1. The lowest BCUT2D eigenvalue weighted by atomic mass is 9.99. The lowest BCUT2D eigenvalue weighted by Gasteiger charge is -2.22. The van der Waals surface area contributed by atoms with Gasteiger partial charge in [-0.25, -0.2) is 4.39 Å². The zero-order valence-corrected chi connectivity index (χ0v) is 17.4. The first-order valence-corrected chi connectivity index (χ1v) is 10.1. The number of nitrogens with zero attached hydrogens (tertiary/aromatic N) is 1. The fraction of sp³-hybridized carbons (Fsp3) is 0.200. The van der Waals surface area contributed by atoms with Crippen LogP contribution in [0, 0.1) is 5.82 Å². The fourth-order valence-electron chi connectivity index (χ4n) is 3.34. The van der Waals surface area contributed by atoms with E-state index in [1.165, 1.54) is 18.2 Å². The van der Waals surface area contributed by atoms with Crippen LogP contribution in [0.25, 0.3) is 0 Å². The summed E-state index contributed by atoms with van der Waals surface area (Å²) in [5, 5.41) is 5.72. The number of amides is 2. The molecule has 3 aromatic carbocycles. The molecule has 2 amide bonds. The summed E-state index contributed by atoms with van der Waals surface area (Å²) in [5.41, 5.74) is 2.53. The van der Waals surface area contributed by atoms with Crippen LogP contribution >= 0.6 is 0 Å². The first kappa shape index (κ1) is 22.2. The van der Waals surface area contributed by atoms with Gasteiger partial charge < -0.3 is 10.6 Å². The Bertz CT molecular complexity index is 996. The van der Waals surface area contributed by atoms with Gasteiger partial charge in [0.1, 0.15) is 5.82 Å². The maximum atomic E-state index is 13.3. The number of rotatable bonds is 9. The molecule has 5 nitrogen and oxygen atoms in total. The summed E-state index contributed by atoms with van der Waals surface area (Å²) >= 11 is 0. The predicted molar refractivity (Wildman–Crippen MR) is 120 cm³/mol. The van der Waals surface area contributed by atoms with Gasteiger partial charge in [0.25, 0.3) is 0 Å². The fourth-order valence-corrected chi connectivity index (χ4v) is 3.34. The van der Waals surface area contributed by atoms with Gasteiger partial charge in [-0.2, -0.15) is 0 Å². The molecule has 0 bridgehead atoms. The van der Waals surface area contributed by atoms with Gasteiger partial charge in [0.2, 0.25) is 11.8 Å². The third kappa shape index (κ3) is 7.35. The quantitative estimate of drug-likeness (QED) is 0.555. The molecular weight excluding hydrogens is 393 g/mol. The Labute approximate surface area is 181 Å². The SMILES string of the molecule is CN(CC(=O)Nc1cccc(F)c1)CC(=O)N[C@@H](Cc1ccccc1)c1ccccc1. The summed E-state index contributed by atoms with van der Waals surface area (Å²) in [4.78, 5) is 26.5. The van der Waals surface area contributed by atoms with Crippen LogP contribution < -0.4 is 10.6 Å². The minimum atomic E-state index is -0.420. The summed E-state index contributed by atoms with van der Waals surface area (Å²) in [6.07, 6.45) is 0.667. The topological polar surface area (TPSA) is 61.4 Å². The Balaban J connectivity index is 1.56. The van der Waals surface area contributed by atoms with Crippen LogP contribution in [-0.2, 0) is 16.0 Å². The van der Waals surface area contributed by atoms with E-state index in [1.807, 2.05) is 60.7 Å². The first-order chi connectivity index (χ1) is 15.0. The second-order valence-electron chi connectivity index (χ2n) is 7.45. The van der Waals surface area contributed by atoms with Crippen molar-refractivity contribution in [1.82, 2.24) is 10.2 Å². The van der Waals surface area contributed by atoms with Crippen molar-refractivity contribution in [1.29, 1.82) is 0 Å². The number of likely N-dealkylation sites (N-methyl/N-ethyl adjacent to an activating group) is 1. The maximum absolute atomic E-state index is 13.3. The van der Waals surface area contributed by atoms with Crippen molar-refractivity contribution in [3.63, 3.8) is 0 Å². The Morgan fingerprint density at radius 3 is 2.19 bits per heavy atom. The molecular formula is C25H26FN3O2. The number of hydrogen-bond acceptors (Lipinski definition) is 3. The molecule has 1 atom stereocenters. The number of benzene rings is 3. The molecule has 0 heterocycles. The van der Waals surface area contributed by atoms with E-state index < -0.39 is 5.82 Å². The van der Waals surface area contributed by atoms with Crippen molar-refractivity contribution in [2.75, 3.05) is 25.5 Å². The molecule has 3 rings (SSSR count). The summed E-state index contributed by atoms with van der Waals surface area (Å²) in [7, 11) is 1.69. The van der Waals surface area contributed by atoms with Gasteiger partial charge in [-0.1, -0.05) is 66.7 Å². The van der Waals surface area contributed by atoms with Crippen molar-refractivity contribution in [2.45, 2.75) is 12.5 Å². The monoisotopic (exact) mass is 419 g/mol. The van der Waals surface area contributed by atoms with Crippen LogP contribution in [-0.4, -0.2) is 36.9 Å². The smallest absolute Gasteiger partial charge is 0.238 e.